The lowest BCUT2D eigenvalue weighted by atomic mass is 9.82. The third-order valence-corrected chi connectivity index (χ3v) is 6.30. The number of nitrogens with one attached hydrogen (secondary N) is 1. The number of fused-ring (bicyclic) bond motifs is 3. The van der Waals surface area contributed by atoms with E-state index in [-0.39, 0.29) is 5.41 Å². The smallest absolute Gasteiger partial charge is 0.0964 e. The summed E-state index contributed by atoms with van der Waals surface area (Å²) < 4.78 is 2.21. The summed E-state index contributed by atoms with van der Waals surface area (Å²) in [7, 11) is 0. The Kier molecular flexibility index (Phi) is 3.40. The fourth-order valence-electron chi connectivity index (χ4n) is 4.85. The first-order valence-electron chi connectivity index (χ1n) is 9.80. The van der Waals surface area contributed by atoms with Gasteiger partial charge >= 0.3 is 0 Å². The summed E-state index contributed by atoms with van der Waals surface area (Å²) in [6.45, 7) is 3.99. The maximum Gasteiger partial charge on any atom is 0.0964 e. The van der Waals surface area contributed by atoms with E-state index < -0.39 is 0 Å². The fraction of sp³-hybridized carbons (Fsp3) is 0.333. The van der Waals surface area contributed by atoms with Crippen molar-refractivity contribution >= 4 is 10.9 Å². The number of rotatable bonds is 3. The molecule has 1 atom stereocenters. The second-order valence-electron chi connectivity index (χ2n) is 8.01. The van der Waals surface area contributed by atoms with E-state index >= 15 is 0 Å². The van der Waals surface area contributed by atoms with Crippen LogP contribution < -0.4 is 0 Å². The van der Waals surface area contributed by atoms with Gasteiger partial charge < -0.3 is 0 Å². The molecule has 1 aromatic carbocycles. The summed E-state index contributed by atoms with van der Waals surface area (Å²) in [5.74, 6) is 0. The number of aryl methyl sites for hydroxylation is 1. The van der Waals surface area contributed by atoms with Gasteiger partial charge in [0.1, 0.15) is 0 Å². The molecule has 140 valence electrons. The molecule has 0 amide bonds. The molecule has 0 bridgehead atoms. The summed E-state index contributed by atoms with van der Waals surface area (Å²) in [5, 5.41) is 16.9. The van der Waals surface area contributed by atoms with E-state index in [1.54, 1.807) is 0 Å². The highest BCUT2D eigenvalue weighted by atomic mass is 15.3. The molecule has 5 heterocycles. The van der Waals surface area contributed by atoms with Gasteiger partial charge in [0.05, 0.1) is 23.1 Å². The molecular formula is C21H21N7. The van der Waals surface area contributed by atoms with Crippen LogP contribution in [-0.2, 0) is 18.5 Å². The van der Waals surface area contributed by atoms with Crippen LogP contribution in [0.2, 0.25) is 0 Å². The van der Waals surface area contributed by atoms with E-state index in [9.17, 15) is 0 Å². The highest BCUT2D eigenvalue weighted by Gasteiger charge is 2.45. The first-order chi connectivity index (χ1) is 13.8. The van der Waals surface area contributed by atoms with Gasteiger partial charge in [-0.3, -0.25) is 14.6 Å². The van der Waals surface area contributed by atoms with E-state index in [0.717, 1.165) is 54.0 Å². The topological polar surface area (TPSA) is 75.5 Å². The van der Waals surface area contributed by atoms with Crippen molar-refractivity contribution in [2.24, 2.45) is 0 Å². The molecule has 7 heteroatoms. The normalized spacial score (nSPS) is 21.7. The maximum absolute atomic E-state index is 4.92. The third-order valence-electron chi connectivity index (χ3n) is 6.30. The highest BCUT2D eigenvalue weighted by Crippen LogP contribution is 2.44. The van der Waals surface area contributed by atoms with Gasteiger partial charge in [-0.1, -0.05) is 18.2 Å². The number of para-hydroxylation sites is 1. The predicted molar refractivity (Wildman–Crippen MR) is 106 cm³/mol. The van der Waals surface area contributed by atoms with Crippen molar-refractivity contribution in [1.82, 2.24) is 35.1 Å². The summed E-state index contributed by atoms with van der Waals surface area (Å²) in [6.07, 6.45) is 6.10. The molecule has 1 unspecified atom stereocenters. The Bertz CT molecular complexity index is 1150. The third kappa shape index (κ3) is 2.46. The summed E-state index contributed by atoms with van der Waals surface area (Å²) in [5.41, 5.74) is 5.73. The van der Waals surface area contributed by atoms with Crippen LogP contribution in [0.3, 0.4) is 0 Å². The molecule has 1 N–H and O–H groups in total. The van der Waals surface area contributed by atoms with Crippen molar-refractivity contribution in [2.75, 3.05) is 13.1 Å². The Morgan fingerprint density at radius 2 is 2.00 bits per heavy atom. The first-order valence-corrected chi connectivity index (χ1v) is 9.80. The number of pyridine rings is 1. The Morgan fingerprint density at radius 1 is 1.07 bits per heavy atom. The van der Waals surface area contributed by atoms with E-state index in [2.05, 4.69) is 54.2 Å². The van der Waals surface area contributed by atoms with Crippen LogP contribution in [0.25, 0.3) is 22.2 Å². The van der Waals surface area contributed by atoms with Crippen molar-refractivity contribution in [1.29, 1.82) is 0 Å². The SMILES string of the molecule is c1ccc2ncc(-c3cc4n(n3)CCC43CCN(Cc4cn[nH]n4)C3)cc2c1. The molecule has 0 saturated carbocycles. The molecule has 2 aliphatic heterocycles. The van der Waals surface area contributed by atoms with Crippen LogP contribution >= 0.6 is 0 Å². The van der Waals surface area contributed by atoms with Crippen LogP contribution in [0.1, 0.15) is 24.2 Å². The quantitative estimate of drug-likeness (QED) is 0.599. The number of benzene rings is 1. The van der Waals surface area contributed by atoms with Gasteiger partial charge in [-0.2, -0.15) is 20.5 Å². The standard InChI is InChI=1S/C21H21N7/c1-2-4-18-15(3-1)9-16(11-22-18)19-10-20-21(6-8-28(20)25-19)5-7-27(14-21)13-17-12-23-26-24-17/h1-4,9-12H,5-8,13-14H2,(H,23,24,26). The number of nitrogens with zero attached hydrogens (tertiary/aromatic N) is 6. The van der Waals surface area contributed by atoms with Gasteiger partial charge in [0, 0.05) is 47.9 Å². The van der Waals surface area contributed by atoms with Gasteiger partial charge in [-0.25, -0.2) is 0 Å². The van der Waals surface area contributed by atoms with Crippen LogP contribution in [0.15, 0.2) is 48.8 Å². The molecular weight excluding hydrogens is 350 g/mol. The van der Waals surface area contributed by atoms with Crippen molar-refractivity contribution < 1.29 is 0 Å². The van der Waals surface area contributed by atoms with E-state index in [1.165, 1.54) is 18.5 Å². The molecule has 1 fully saturated rings. The lowest BCUT2D eigenvalue weighted by Gasteiger charge is -2.23. The Hall–Kier alpha value is -3.06. The van der Waals surface area contributed by atoms with Crippen molar-refractivity contribution in [2.45, 2.75) is 31.3 Å². The summed E-state index contributed by atoms with van der Waals surface area (Å²) in [6, 6.07) is 12.7. The van der Waals surface area contributed by atoms with Crippen LogP contribution in [0.4, 0.5) is 0 Å². The zero-order valence-corrected chi connectivity index (χ0v) is 15.5. The lowest BCUT2D eigenvalue weighted by Crippen LogP contribution is -2.29. The summed E-state index contributed by atoms with van der Waals surface area (Å²) in [4.78, 5) is 7.09. The first kappa shape index (κ1) is 15.9. The number of H-pyrrole nitrogens is 1. The monoisotopic (exact) mass is 371 g/mol. The zero-order chi connectivity index (χ0) is 18.6. The van der Waals surface area contributed by atoms with Crippen molar-refractivity contribution in [3.05, 3.63) is 60.2 Å². The zero-order valence-electron chi connectivity index (χ0n) is 15.5. The second kappa shape index (κ2) is 5.97. The van der Waals surface area contributed by atoms with Gasteiger partial charge in [0.15, 0.2) is 0 Å². The lowest BCUT2D eigenvalue weighted by molar-refractivity contribution is 0.298. The largest absolute Gasteiger partial charge is 0.296 e. The highest BCUT2D eigenvalue weighted by molar-refractivity contribution is 5.82. The Morgan fingerprint density at radius 3 is 2.93 bits per heavy atom. The predicted octanol–water partition coefficient (Wildman–Crippen LogP) is 2.76. The number of likely N-dealkylation sites (tertiary alicyclic amines) is 1. The Balaban J connectivity index is 1.30. The van der Waals surface area contributed by atoms with Gasteiger partial charge in [0.2, 0.25) is 0 Å². The molecule has 0 radical (unpaired) electrons. The van der Waals surface area contributed by atoms with Crippen LogP contribution in [0, 0.1) is 0 Å². The average molecular weight is 371 g/mol. The molecule has 1 saturated heterocycles. The van der Waals surface area contributed by atoms with Crippen molar-refractivity contribution in [3.8, 4) is 11.3 Å². The van der Waals surface area contributed by atoms with E-state index in [4.69, 9.17) is 5.10 Å². The fourth-order valence-corrected chi connectivity index (χ4v) is 4.85. The van der Waals surface area contributed by atoms with Crippen molar-refractivity contribution in [3.63, 3.8) is 0 Å². The Labute approximate surface area is 162 Å². The molecule has 3 aromatic heterocycles. The van der Waals surface area contributed by atoms with E-state index in [0.29, 0.717) is 0 Å². The maximum atomic E-state index is 4.92. The van der Waals surface area contributed by atoms with E-state index in [1.807, 2.05) is 24.5 Å². The minimum absolute atomic E-state index is 0.208. The van der Waals surface area contributed by atoms with Gasteiger partial charge in [0.25, 0.3) is 0 Å². The second-order valence-corrected chi connectivity index (χ2v) is 8.01. The average Bonchev–Trinajstić information content (AvgIpc) is 3.50. The van der Waals surface area contributed by atoms with Crippen LogP contribution in [-0.4, -0.2) is 48.2 Å². The molecule has 6 rings (SSSR count). The molecule has 4 aromatic rings. The number of aromatic amines is 1. The molecule has 0 aliphatic carbocycles. The molecule has 28 heavy (non-hydrogen) atoms. The minimum atomic E-state index is 0.208. The summed E-state index contributed by atoms with van der Waals surface area (Å²) >= 11 is 0. The number of hydrogen-bond acceptors (Lipinski definition) is 5. The number of hydrogen-bond donors (Lipinski definition) is 1. The number of aromatic nitrogens is 6. The van der Waals surface area contributed by atoms with Gasteiger partial charge in [-0.15, -0.1) is 0 Å². The molecule has 7 nitrogen and oxygen atoms in total. The molecule has 1 spiro atoms. The minimum Gasteiger partial charge on any atom is -0.296 e. The molecule has 2 aliphatic rings. The van der Waals surface area contributed by atoms with Gasteiger partial charge in [-0.05, 0) is 37.6 Å². The van der Waals surface area contributed by atoms with Crippen LogP contribution in [0.5, 0.6) is 0 Å².